The average molecular weight is 569 g/mol. The summed E-state index contributed by atoms with van der Waals surface area (Å²) in [4.78, 5) is 33.4. The zero-order valence-electron chi connectivity index (χ0n) is 27.6. The molecule has 0 radical (unpaired) electrons. The van der Waals surface area contributed by atoms with Crippen LogP contribution in [0.15, 0.2) is 0 Å². The lowest BCUT2D eigenvalue weighted by Crippen LogP contribution is -2.63. The van der Waals surface area contributed by atoms with Crippen molar-refractivity contribution in [2.24, 2.45) is 0 Å². The number of carbonyl (C=O) groups is 2. The van der Waals surface area contributed by atoms with E-state index in [-0.39, 0.29) is 46.3 Å². The number of nitrogens with zero attached hydrogens (tertiary/aromatic N) is 4. The first-order valence-corrected chi connectivity index (χ1v) is 14.9. The van der Waals surface area contributed by atoms with Gasteiger partial charge < -0.3 is 39.7 Å². The molecule has 0 unspecified atom stereocenters. The highest BCUT2D eigenvalue weighted by molar-refractivity contribution is 5.74. The number of urea groups is 2. The summed E-state index contributed by atoms with van der Waals surface area (Å²) < 4.78 is 11.8. The van der Waals surface area contributed by atoms with Crippen molar-refractivity contribution < 1.29 is 19.1 Å². The van der Waals surface area contributed by atoms with Gasteiger partial charge in [0, 0.05) is 75.5 Å². The summed E-state index contributed by atoms with van der Waals surface area (Å²) in [5, 5.41) is 7.40. The van der Waals surface area contributed by atoms with Crippen LogP contribution in [0.1, 0.15) is 81.1 Å². The van der Waals surface area contributed by atoms with Crippen molar-refractivity contribution in [2.45, 2.75) is 115 Å². The normalized spacial score (nSPS) is 22.0. The van der Waals surface area contributed by atoms with Crippen molar-refractivity contribution in [1.29, 1.82) is 0 Å². The lowest BCUT2D eigenvalue weighted by Gasteiger charge is -2.50. The maximum Gasteiger partial charge on any atom is 0.319 e. The molecule has 0 bridgehead atoms. The van der Waals surface area contributed by atoms with Gasteiger partial charge in [0.2, 0.25) is 0 Å². The van der Waals surface area contributed by atoms with Crippen molar-refractivity contribution in [1.82, 2.24) is 30.2 Å². The Labute approximate surface area is 244 Å². The van der Waals surface area contributed by atoms with Gasteiger partial charge in [0.1, 0.15) is 0 Å². The molecule has 0 aromatic carbocycles. The third-order valence-electron chi connectivity index (χ3n) is 7.80. The number of carbonyl (C=O) groups excluding carboxylic acids is 2. The summed E-state index contributed by atoms with van der Waals surface area (Å²) in [6, 6.07) is 0.332. The maximum absolute atomic E-state index is 13.1. The molecule has 2 saturated heterocycles. The minimum Gasteiger partial charge on any atom is -0.377 e. The molecule has 0 spiro atoms. The van der Waals surface area contributed by atoms with Crippen LogP contribution in [0.4, 0.5) is 9.59 Å². The van der Waals surface area contributed by atoms with Gasteiger partial charge in [-0.05, 0) is 81.1 Å². The van der Waals surface area contributed by atoms with Crippen molar-refractivity contribution >= 4 is 12.1 Å². The predicted molar refractivity (Wildman–Crippen MR) is 162 cm³/mol. The van der Waals surface area contributed by atoms with E-state index in [2.05, 4.69) is 66.0 Å². The quantitative estimate of drug-likeness (QED) is 0.370. The molecular formula is C30H60N6O4. The first kappa shape index (κ1) is 34.6. The van der Waals surface area contributed by atoms with E-state index in [0.29, 0.717) is 39.5 Å². The summed E-state index contributed by atoms with van der Waals surface area (Å²) in [7, 11) is 7.21. The minimum atomic E-state index is -0.0482. The minimum absolute atomic E-state index is 0.0215. The highest BCUT2D eigenvalue weighted by Gasteiger charge is 2.42. The third kappa shape index (κ3) is 10.7. The van der Waals surface area contributed by atoms with Crippen LogP contribution in [0.2, 0.25) is 0 Å². The Balaban J connectivity index is 1.84. The van der Waals surface area contributed by atoms with Gasteiger partial charge in [-0.15, -0.1) is 0 Å². The standard InChI is InChI=1S/C30H60N6O4/c1-27(2)19-23(20-28(3,4)31-27)35(25(37)33(9)10)13-15-39-17-18-40-16-14-36(26(38)34(11)12)24-21-29(5,6)32-30(7,8)22-24/h23-24,31-32H,13-22H2,1-12H3. The summed E-state index contributed by atoms with van der Waals surface area (Å²) in [6.45, 7) is 20.5. The van der Waals surface area contributed by atoms with Gasteiger partial charge in [-0.2, -0.15) is 0 Å². The molecule has 0 aromatic heterocycles. The highest BCUT2D eigenvalue weighted by atomic mass is 16.5. The Kier molecular flexibility index (Phi) is 11.7. The van der Waals surface area contributed by atoms with E-state index in [1.54, 1.807) is 38.0 Å². The summed E-state index contributed by atoms with van der Waals surface area (Å²) in [5.74, 6) is 0. The molecule has 2 N–H and O–H groups in total. The monoisotopic (exact) mass is 568 g/mol. The summed E-state index contributed by atoms with van der Waals surface area (Å²) in [6.07, 6.45) is 3.58. The van der Waals surface area contributed by atoms with Crippen LogP contribution >= 0.6 is 0 Å². The smallest absolute Gasteiger partial charge is 0.319 e. The second kappa shape index (κ2) is 13.6. The molecule has 0 aromatic rings. The molecule has 2 rings (SSSR count). The van der Waals surface area contributed by atoms with E-state index in [0.717, 1.165) is 25.7 Å². The fraction of sp³-hybridized carbons (Fsp3) is 0.933. The Bertz CT molecular complexity index is 742. The molecule has 0 saturated carbocycles. The highest BCUT2D eigenvalue weighted by Crippen LogP contribution is 2.33. The van der Waals surface area contributed by atoms with Crippen LogP contribution in [0.25, 0.3) is 0 Å². The molecule has 0 atom stereocenters. The largest absolute Gasteiger partial charge is 0.377 e. The van der Waals surface area contributed by atoms with Crippen LogP contribution in [-0.2, 0) is 9.47 Å². The molecule has 2 aliphatic heterocycles. The van der Waals surface area contributed by atoms with Gasteiger partial charge in [0.15, 0.2) is 0 Å². The number of hydrogen-bond donors (Lipinski definition) is 2. The lowest BCUT2D eigenvalue weighted by atomic mass is 9.79. The zero-order valence-corrected chi connectivity index (χ0v) is 27.6. The topological polar surface area (TPSA) is 89.6 Å². The van der Waals surface area contributed by atoms with E-state index in [4.69, 9.17) is 9.47 Å². The molecule has 2 aliphatic rings. The van der Waals surface area contributed by atoms with Gasteiger partial charge in [-0.25, -0.2) is 9.59 Å². The van der Waals surface area contributed by atoms with Crippen LogP contribution in [0.5, 0.6) is 0 Å². The van der Waals surface area contributed by atoms with Crippen molar-refractivity contribution in [3.63, 3.8) is 0 Å². The average Bonchev–Trinajstić information content (AvgIpc) is 2.75. The summed E-state index contributed by atoms with van der Waals surface area (Å²) in [5.41, 5.74) is -0.193. The molecular weight excluding hydrogens is 508 g/mol. The molecule has 2 fully saturated rings. The number of nitrogens with one attached hydrogen (secondary N) is 2. The van der Waals surface area contributed by atoms with Gasteiger partial charge in [0.25, 0.3) is 0 Å². The van der Waals surface area contributed by atoms with Gasteiger partial charge in [-0.1, -0.05) is 0 Å². The number of hydrogen-bond acceptors (Lipinski definition) is 6. The molecule has 40 heavy (non-hydrogen) atoms. The Morgan fingerprint density at radius 2 is 0.850 bits per heavy atom. The fourth-order valence-electron chi connectivity index (χ4n) is 7.01. The van der Waals surface area contributed by atoms with Crippen molar-refractivity contribution in [3.8, 4) is 0 Å². The first-order valence-electron chi connectivity index (χ1n) is 14.9. The molecule has 10 nitrogen and oxygen atoms in total. The van der Waals surface area contributed by atoms with E-state index >= 15 is 0 Å². The second-order valence-corrected chi connectivity index (χ2v) is 14.9. The van der Waals surface area contributed by atoms with E-state index < -0.39 is 0 Å². The zero-order chi connectivity index (χ0) is 30.5. The van der Waals surface area contributed by atoms with E-state index in [1.165, 1.54) is 0 Å². The number of piperidine rings is 2. The van der Waals surface area contributed by atoms with E-state index in [1.807, 2.05) is 9.80 Å². The number of ether oxygens (including phenoxy) is 2. The molecule has 0 aliphatic carbocycles. The van der Waals surface area contributed by atoms with Crippen molar-refractivity contribution in [2.75, 3.05) is 67.7 Å². The predicted octanol–water partition coefficient (Wildman–Crippen LogP) is 3.61. The Morgan fingerprint density at radius 1 is 0.575 bits per heavy atom. The maximum atomic E-state index is 13.1. The Morgan fingerprint density at radius 3 is 1.10 bits per heavy atom. The van der Waals surface area contributed by atoms with E-state index in [9.17, 15) is 9.59 Å². The Hall–Kier alpha value is -1.62. The molecule has 234 valence electrons. The second-order valence-electron chi connectivity index (χ2n) is 14.9. The fourth-order valence-corrected chi connectivity index (χ4v) is 7.01. The lowest BCUT2D eigenvalue weighted by molar-refractivity contribution is 0.0139. The van der Waals surface area contributed by atoms with Gasteiger partial charge >= 0.3 is 12.1 Å². The SMILES string of the molecule is CN(C)C(=O)N(CCOCCOCCN(C(=O)N(C)C)C1CC(C)(C)NC(C)(C)C1)C1CC(C)(C)NC(C)(C)C1. The summed E-state index contributed by atoms with van der Waals surface area (Å²) >= 11 is 0. The first-order chi connectivity index (χ1) is 18.2. The molecule has 4 amide bonds. The number of rotatable bonds is 11. The van der Waals surface area contributed by atoms with Crippen molar-refractivity contribution in [3.05, 3.63) is 0 Å². The number of amides is 4. The van der Waals surface area contributed by atoms with Gasteiger partial charge in [-0.3, -0.25) is 0 Å². The third-order valence-corrected chi connectivity index (χ3v) is 7.80. The molecule has 2 heterocycles. The van der Waals surface area contributed by atoms with Crippen LogP contribution < -0.4 is 10.6 Å². The van der Waals surface area contributed by atoms with Crippen LogP contribution in [0.3, 0.4) is 0 Å². The van der Waals surface area contributed by atoms with Crippen LogP contribution in [-0.4, -0.2) is 134 Å². The van der Waals surface area contributed by atoms with Gasteiger partial charge in [0.05, 0.1) is 26.4 Å². The molecule has 10 heteroatoms. The van der Waals surface area contributed by atoms with Crippen LogP contribution in [0, 0.1) is 0 Å².